The molecular weight excluding hydrogens is 296 g/mol. The molecule has 5 rings (SSSR count). The molecule has 22 heavy (non-hydrogen) atoms. The van der Waals surface area contributed by atoms with Crippen LogP contribution in [0.2, 0.25) is 5.02 Å². The van der Waals surface area contributed by atoms with Crippen LogP contribution in [0.1, 0.15) is 50.5 Å². The number of benzene rings is 1. The van der Waals surface area contributed by atoms with Crippen LogP contribution in [0.5, 0.6) is 0 Å². The van der Waals surface area contributed by atoms with Gasteiger partial charge >= 0.3 is 5.97 Å². The van der Waals surface area contributed by atoms with Crippen molar-refractivity contribution in [3.63, 3.8) is 0 Å². The van der Waals surface area contributed by atoms with E-state index in [1.54, 1.807) is 0 Å². The first-order chi connectivity index (χ1) is 10.6. The first-order valence-corrected chi connectivity index (χ1v) is 8.89. The molecule has 0 spiro atoms. The van der Waals surface area contributed by atoms with Gasteiger partial charge in [-0.1, -0.05) is 29.8 Å². The number of hydrogen-bond donors (Lipinski definition) is 0. The molecule has 0 aliphatic heterocycles. The van der Waals surface area contributed by atoms with Crippen LogP contribution in [0.4, 0.5) is 0 Å². The molecule has 4 fully saturated rings. The normalized spacial score (nSPS) is 35.6. The predicted octanol–water partition coefficient (Wildman–Crippen LogP) is 4.99. The summed E-state index contributed by atoms with van der Waals surface area (Å²) in [5, 5.41) is 0.671. The van der Waals surface area contributed by atoms with E-state index in [4.69, 9.17) is 16.3 Å². The highest BCUT2D eigenvalue weighted by Crippen LogP contribution is 2.61. The van der Waals surface area contributed by atoms with Crippen molar-refractivity contribution < 1.29 is 9.53 Å². The molecule has 4 bridgehead atoms. The number of rotatable bonds is 4. The average Bonchev–Trinajstić information content (AvgIpc) is 2.44. The van der Waals surface area contributed by atoms with Crippen LogP contribution >= 0.6 is 11.6 Å². The van der Waals surface area contributed by atoms with E-state index < -0.39 is 0 Å². The van der Waals surface area contributed by atoms with E-state index in [0.29, 0.717) is 18.1 Å². The average molecular weight is 319 g/mol. The maximum Gasteiger partial charge on any atom is 0.306 e. The van der Waals surface area contributed by atoms with Gasteiger partial charge in [-0.3, -0.25) is 4.79 Å². The molecule has 1 aromatic rings. The zero-order valence-corrected chi connectivity index (χ0v) is 13.6. The van der Waals surface area contributed by atoms with Crippen molar-refractivity contribution in [2.24, 2.45) is 23.2 Å². The second-order valence-electron chi connectivity index (χ2n) is 7.85. The molecule has 0 aromatic heterocycles. The zero-order valence-electron chi connectivity index (χ0n) is 12.9. The molecule has 0 atom stereocenters. The Hall–Kier alpha value is -1.02. The van der Waals surface area contributed by atoms with Gasteiger partial charge in [0.1, 0.15) is 6.61 Å². The molecule has 118 valence electrons. The molecule has 0 unspecified atom stereocenters. The minimum atomic E-state index is -0.0399. The van der Waals surface area contributed by atoms with Crippen LogP contribution in [-0.2, 0) is 16.1 Å². The molecule has 2 nitrogen and oxygen atoms in total. The van der Waals surface area contributed by atoms with E-state index in [0.717, 1.165) is 23.3 Å². The first-order valence-electron chi connectivity index (χ1n) is 8.51. The monoisotopic (exact) mass is 318 g/mol. The Labute approximate surface area is 137 Å². The number of halogens is 1. The van der Waals surface area contributed by atoms with E-state index in [1.807, 2.05) is 24.3 Å². The molecule has 3 heteroatoms. The number of hydrogen-bond acceptors (Lipinski definition) is 2. The largest absolute Gasteiger partial charge is 0.461 e. The third-order valence-electron chi connectivity index (χ3n) is 6.03. The van der Waals surface area contributed by atoms with Gasteiger partial charge in [0.2, 0.25) is 0 Å². The van der Waals surface area contributed by atoms with Crippen LogP contribution in [0.15, 0.2) is 24.3 Å². The standard InChI is InChI=1S/C19H23ClO2/c20-17-4-2-1-3-16(17)12-22-18(21)11-19-8-13-5-14(9-19)7-15(6-13)10-19/h1-4,13-15H,5-12H2. The lowest BCUT2D eigenvalue weighted by Gasteiger charge is -2.56. The Kier molecular flexibility index (Phi) is 3.68. The van der Waals surface area contributed by atoms with Crippen molar-refractivity contribution in [2.45, 2.75) is 51.6 Å². The highest BCUT2D eigenvalue weighted by Gasteiger charge is 2.51. The van der Waals surface area contributed by atoms with E-state index in [9.17, 15) is 4.79 Å². The van der Waals surface area contributed by atoms with Crippen molar-refractivity contribution >= 4 is 17.6 Å². The molecule has 4 aliphatic rings. The predicted molar refractivity (Wildman–Crippen MR) is 86.5 cm³/mol. The third kappa shape index (κ3) is 2.78. The maximum atomic E-state index is 12.3. The van der Waals surface area contributed by atoms with Gasteiger partial charge in [0.05, 0.1) is 6.42 Å². The van der Waals surface area contributed by atoms with Crippen molar-refractivity contribution in [1.29, 1.82) is 0 Å². The Balaban J connectivity index is 1.37. The summed E-state index contributed by atoms with van der Waals surface area (Å²) >= 11 is 6.12. The van der Waals surface area contributed by atoms with Gasteiger partial charge in [-0.2, -0.15) is 0 Å². The molecule has 0 amide bonds. The summed E-state index contributed by atoms with van der Waals surface area (Å²) < 4.78 is 5.52. The number of ether oxygens (including phenoxy) is 1. The molecule has 4 saturated carbocycles. The number of esters is 1. The van der Waals surface area contributed by atoms with E-state index >= 15 is 0 Å². The van der Waals surface area contributed by atoms with E-state index in [1.165, 1.54) is 38.5 Å². The summed E-state index contributed by atoms with van der Waals surface area (Å²) in [4.78, 5) is 12.3. The highest BCUT2D eigenvalue weighted by molar-refractivity contribution is 6.31. The van der Waals surface area contributed by atoms with Gasteiger partial charge in [-0.25, -0.2) is 0 Å². The van der Waals surface area contributed by atoms with Crippen LogP contribution in [0.3, 0.4) is 0 Å². The van der Waals surface area contributed by atoms with E-state index in [-0.39, 0.29) is 11.4 Å². The van der Waals surface area contributed by atoms with Crippen molar-refractivity contribution in [2.75, 3.05) is 0 Å². The van der Waals surface area contributed by atoms with Crippen LogP contribution in [0.25, 0.3) is 0 Å². The van der Waals surface area contributed by atoms with Gasteiger partial charge in [0, 0.05) is 10.6 Å². The number of carbonyl (C=O) groups is 1. The topological polar surface area (TPSA) is 26.3 Å². The fraction of sp³-hybridized carbons (Fsp3) is 0.632. The lowest BCUT2D eigenvalue weighted by atomic mass is 9.49. The molecule has 0 radical (unpaired) electrons. The van der Waals surface area contributed by atoms with Gasteiger partial charge < -0.3 is 4.74 Å². The molecule has 4 aliphatic carbocycles. The number of carbonyl (C=O) groups excluding carboxylic acids is 1. The van der Waals surface area contributed by atoms with Crippen LogP contribution in [0, 0.1) is 23.2 Å². The van der Waals surface area contributed by atoms with E-state index in [2.05, 4.69) is 0 Å². The highest BCUT2D eigenvalue weighted by atomic mass is 35.5. The Bertz CT molecular complexity index is 545. The summed E-state index contributed by atoms with van der Waals surface area (Å²) in [5.74, 6) is 2.59. The van der Waals surface area contributed by atoms with Crippen molar-refractivity contribution in [3.05, 3.63) is 34.9 Å². The SMILES string of the molecule is O=C(CC12CC3CC(CC(C3)C1)C2)OCc1ccccc1Cl. The molecule has 0 N–H and O–H groups in total. The van der Waals surface area contributed by atoms with Gasteiger partial charge in [-0.05, 0) is 67.8 Å². The van der Waals surface area contributed by atoms with Crippen LogP contribution in [-0.4, -0.2) is 5.97 Å². The second kappa shape index (κ2) is 5.56. The van der Waals surface area contributed by atoms with Gasteiger partial charge in [-0.15, -0.1) is 0 Å². The minimum Gasteiger partial charge on any atom is -0.461 e. The summed E-state index contributed by atoms with van der Waals surface area (Å²) in [5.41, 5.74) is 1.15. The minimum absolute atomic E-state index is 0.0399. The van der Waals surface area contributed by atoms with Crippen LogP contribution < -0.4 is 0 Å². The Morgan fingerprint density at radius 1 is 1.09 bits per heavy atom. The summed E-state index contributed by atoms with van der Waals surface area (Å²) in [6.45, 7) is 0.297. The Morgan fingerprint density at radius 3 is 2.27 bits per heavy atom. The fourth-order valence-corrected chi connectivity index (χ4v) is 5.83. The smallest absolute Gasteiger partial charge is 0.306 e. The van der Waals surface area contributed by atoms with Crippen molar-refractivity contribution in [3.8, 4) is 0 Å². The van der Waals surface area contributed by atoms with Gasteiger partial charge in [0.15, 0.2) is 0 Å². The lowest BCUT2D eigenvalue weighted by molar-refractivity contribution is -0.153. The molecule has 0 heterocycles. The Morgan fingerprint density at radius 2 is 1.68 bits per heavy atom. The second-order valence-corrected chi connectivity index (χ2v) is 8.25. The zero-order chi connectivity index (χ0) is 15.2. The maximum absolute atomic E-state index is 12.3. The lowest BCUT2D eigenvalue weighted by Crippen LogP contribution is -2.47. The summed E-state index contributed by atoms with van der Waals surface area (Å²) in [6, 6.07) is 7.57. The third-order valence-corrected chi connectivity index (χ3v) is 6.40. The summed E-state index contributed by atoms with van der Waals surface area (Å²) in [6.07, 6.45) is 8.59. The quantitative estimate of drug-likeness (QED) is 0.731. The van der Waals surface area contributed by atoms with Crippen molar-refractivity contribution in [1.82, 2.24) is 0 Å². The summed E-state index contributed by atoms with van der Waals surface area (Å²) in [7, 11) is 0. The molecule has 1 aromatic carbocycles. The fourth-order valence-electron chi connectivity index (χ4n) is 5.64. The molecular formula is C19H23ClO2. The first kappa shape index (κ1) is 14.6. The molecule has 0 saturated heterocycles. The van der Waals surface area contributed by atoms with Gasteiger partial charge in [0.25, 0.3) is 0 Å².